The highest BCUT2D eigenvalue weighted by Crippen LogP contribution is 2.53. The van der Waals surface area contributed by atoms with Gasteiger partial charge in [-0.25, -0.2) is 4.57 Å². The minimum absolute atomic E-state index is 0.173. The molecule has 1 heterocycles. The summed E-state index contributed by atoms with van der Waals surface area (Å²) in [6.45, 7) is 9.14. The van der Waals surface area contributed by atoms with Gasteiger partial charge in [0.15, 0.2) is 5.43 Å². The molecule has 0 saturated heterocycles. The van der Waals surface area contributed by atoms with Gasteiger partial charge in [-0.2, -0.15) is 0 Å². The van der Waals surface area contributed by atoms with Crippen molar-refractivity contribution in [1.82, 2.24) is 0 Å². The summed E-state index contributed by atoms with van der Waals surface area (Å²) < 4.78 is 33.5. The number of benzene rings is 2. The molecule has 0 aliphatic rings. The Hall–Kier alpha value is -1.43. The molecule has 1 aromatic heterocycles. The van der Waals surface area contributed by atoms with E-state index in [1.54, 1.807) is 18.2 Å². The van der Waals surface area contributed by atoms with Crippen molar-refractivity contribution in [1.29, 1.82) is 0 Å². The molecule has 2 atom stereocenters. The largest absolute Gasteiger partial charge is 0.530 e. The van der Waals surface area contributed by atoms with E-state index < -0.39 is 7.82 Å². The molecule has 0 radical (unpaired) electrons. The summed E-state index contributed by atoms with van der Waals surface area (Å²) >= 11 is 7.85. The first-order valence-corrected chi connectivity index (χ1v) is 16.2. The number of phosphoric ester groups is 1. The molecule has 0 spiro atoms. The Balaban J connectivity index is 1.96. The van der Waals surface area contributed by atoms with Gasteiger partial charge >= 0.3 is 7.82 Å². The molecule has 3 rings (SSSR count). The minimum Gasteiger partial charge on any atom is -0.402 e. The molecule has 0 bridgehead atoms. The zero-order valence-electron chi connectivity index (χ0n) is 22.5. The van der Waals surface area contributed by atoms with E-state index in [1.165, 1.54) is 11.3 Å². The maximum absolute atomic E-state index is 14.1. The van der Waals surface area contributed by atoms with Crippen molar-refractivity contribution in [2.75, 3.05) is 13.2 Å². The third kappa shape index (κ3) is 8.03. The van der Waals surface area contributed by atoms with E-state index in [-0.39, 0.29) is 17.3 Å². The van der Waals surface area contributed by atoms with Gasteiger partial charge in [0.2, 0.25) is 0 Å². The second-order valence-electron chi connectivity index (χ2n) is 9.64. The van der Waals surface area contributed by atoms with Crippen molar-refractivity contribution < 1.29 is 18.1 Å². The van der Waals surface area contributed by atoms with Crippen LogP contribution in [0, 0.1) is 11.8 Å². The van der Waals surface area contributed by atoms with Crippen LogP contribution in [-0.4, -0.2) is 13.2 Å². The van der Waals surface area contributed by atoms with E-state index in [4.69, 9.17) is 25.2 Å². The number of phosphoric acid groups is 1. The Morgan fingerprint density at radius 2 is 1.49 bits per heavy atom. The fourth-order valence-corrected chi connectivity index (χ4v) is 7.19. The van der Waals surface area contributed by atoms with Crippen molar-refractivity contribution in [3.63, 3.8) is 0 Å². The normalized spacial score (nSPS) is 15.1. The lowest BCUT2D eigenvalue weighted by Crippen LogP contribution is -2.14. The van der Waals surface area contributed by atoms with Gasteiger partial charge in [-0.05, 0) is 48.9 Å². The highest BCUT2D eigenvalue weighted by molar-refractivity contribution is 7.49. The third-order valence-electron chi connectivity index (χ3n) is 6.87. The Labute approximate surface area is 230 Å². The maximum Gasteiger partial charge on any atom is 0.530 e. The van der Waals surface area contributed by atoms with Gasteiger partial charge in [0.05, 0.1) is 28.3 Å². The van der Waals surface area contributed by atoms with E-state index in [9.17, 15) is 9.36 Å². The molecule has 0 amide bonds. The van der Waals surface area contributed by atoms with Gasteiger partial charge in [-0.15, -0.1) is 11.3 Å². The topological polar surface area (TPSA) is 61.8 Å². The van der Waals surface area contributed by atoms with Crippen LogP contribution in [-0.2, 0) is 13.6 Å². The van der Waals surface area contributed by atoms with Crippen molar-refractivity contribution in [3.05, 3.63) is 51.6 Å². The zero-order chi connectivity index (χ0) is 26.8. The minimum atomic E-state index is -3.97. The van der Waals surface area contributed by atoms with Crippen LogP contribution in [0.4, 0.5) is 0 Å². The Morgan fingerprint density at radius 3 is 2.05 bits per heavy atom. The van der Waals surface area contributed by atoms with Crippen LogP contribution in [0.1, 0.15) is 79.1 Å². The van der Waals surface area contributed by atoms with Crippen molar-refractivity contribution in [2.24, 2.45) is 11.8 Å². The Bertz CT molecular complexity index is 1240. The smallest absolute Gasteiger partial charge is 0.402 e. The summed E-state index contributed by atoms with van der Waals surface area (Å²) in [4.78, 5) is 13.3. The van der Waals surface area contributed by atoms with Gasteiger partial charge in [-0.3, -0.25) is 13.8 Å². The first-order valence-electron chi connectivity index (χ1n) is 13.6. The van der Waals surface area contributed by atoms with E-state index in [2.05, 4.69) is 27.7 Å². The SMILES string of the molecule is CCCCC(CC)COP(=O)(OCC(CC)CCCC)Oc1ccc(Cl)c2c(=O)c3ccccc3sc12. The predicted molar refractivity (Wildman–Crippen MR) is 157 cm³/mol. The summed E-state index contributed by atoms with van der Waals surface area (Å²) in [6, 6.07) is 10.6. The van der Waals surface area contributed by atoms with Crippen LogP contribution in [0.2, 0.25) is 5.02 Å². The Kier molecular flexibility index (Phi) is 11.9. The van der Waals surface area contributed by atoms with Gasteiger partial charge in [0.1, 0.15) is 5.75 Å². The van der Waals surface area contributed by atoms with Crippen molar-refractivity contribution in [3.8, 4) is 5.75 Å². The van der Waals surface area contributed by atoms with Crippen molar-refractivity contribution in [2.45, 2.75) is 79.1 Å². The molecular formula is C29H40ClO5PS. The number of halogens is 1. The highest BCUT2D eigenvalue weighted by Gasteiger charge is 2.32. The van der Waals surface area contributed by atoms with Crippen LogP contribution in [0.15, 0.2) is 41.2 Å². The van der Waals surface area contributed by atoms with Crippen LogP contribution in [0.3, 0.4) is 0 Å². The molecule has 2 unspecified atom stereocenters. The first-order chi connectivity index (χ1) is 17.9. The first kappa shape index (κ1) is 30.1. The number of unbranched alkanes of at least 4 members (excludes halogenated alkanes) is 2. The maximum atomic E-state index is 14.1. The number of fused-ring (bicyclic) bond motifs is 2. The monoisotopic (exact) mass is 566 g/mol. The number of hydrogen-bond donors (Lipinski definition) is 0. The summed E-state index contributed by atoms with van der Waals surface area (Å²) in [7, 11) is -3.97. The average molecular weight is 567 g/mol. The highest BCUT2D eigenvalue weighted by atomic mass is 35.5. The van der Waals surface area contributed by atoms with Gasteiger partial charge in [-0.1, -0.05) is 90.0 Å². The second kappa shape index (κ2) is 14.6. The third-order valence-corrected chi connectivity index (χ3v) is 9.73. The lowest BCUT2D eigenvalue weighted by atomic mass is 10.0. The van der Waals surface area contributed by atoms with Crippen LogP contribution >= 0.6 is 30.8 Å². The van der Waals surface area contributed by atoms with Gasteiger partial charge < -0.3 is 4.52 Å². The van der Waals surface area contributed by atoms with Gasteiger partial charge in [0, 0.05) is 10.1 Å². The molecule has 204 valence electrons. The average Bonchev–Trinajstić information content (AvgIpc) is 2.90. The van der Waals surface area contributed by atoms with Crippen LogP contribution < -0.4 is 9.95 Å². The fourth-order valence-electron chi connectivity index (χ4n) is 4.31. The molecule has 8 heteroatoms. The van der Waals surface area contributed by atoms with Crippen LogP contribution in [0.25, 0.3) is 20.2 Å². The quantitative estimate of drug-likeness (QED) is 0.127. The molecule has 0 aliphatic heterocycles. The van der Waals surface area contributed by atoms with E-state index in [1.807, 2.05) is 18.2 Å². The van der Waals surface area contributed by atoms with E-state index in [0.29, 0.717) is 39.5 Å². The molecule has 2 aromatic carbocycles. The number of rotatable bonds is 16. The summed E-state index contributed by atoms with van der Waals surface area (Å²) in [5.41, 5.74) is -0.173. The lowest BCUT2D eigenvalue weighted by Gasteiger charge is -2.24. The lowest BCUT2D eigenvalue weighted by molar-refractivity contribution is 0.115. The van der Waals surface area contributed by atoms with Crippen molar-refractivity contribution >= 4 is 50.9 Å². The molecular weight excluding hydrogens is 527 g/mol. The molecule has 37 heavy (non-hydrogen) atoms. The molecule has 5 nitrogen and oxygen atoms in total. The number of hydrogen-bond acceptors (Lipinski definition) is 6. The molecule has 0 saturated carbocycles. The predicted octanol–water partition coefficient (Wildman–Crippen LogP) is 10.0. The molecule has 0 fully saturated rings. The van der Waals surface area contributed by atoms with Gasteiger partial charge in [0.25, 0.3) is 0 Å². The standard InChI is InChI=1S/C29H40ClO5PS/c1-5-9-13-21(7-3)19-33-36(32,34-20-22(8-4)14-10-6-2)35-25-18-17-24(30)27-28(31)23-15-11-12-16-26(23)37-29(25)27/h11-12,15-18,21-22H,5-10,13-14,19-20H2,1-4H3. The second-order valence-corrected chi connectivity index (χ2v) is 12.7. The molecule has 3 aromatic rings. The van der Waals surface area contributed by atoms with E-state index >= 15 is 0 Å². The summed E-state index contributed by atoms with van der Waals surface area (Å²) in [5, 5.41) is 1.29. The van der Waals surface area contributed by atoms with E-state index in [0.717, 1.165) is 56.1 Å². The molecule has 0 N–H and O–H groups in total. The fraction of sp³-hybridized carbons (Fsp3) is 0.552. The molecule has 0 aliphatic carbocycles. The summed E-state index contributed by atoms with van der Waals surface area (Å²) in [5.74, 6) is 0.827. The zero-order valence-corrected chi connectivity index (χ0v) is 24.9. The van der Waals surface area contributed by atoms with Crippen LogP contribution in [0.5, 0.6) is 5.75 Å². The Morgan fingerprint density at radius 1 is 0.892 bits per heavy atom. The summed E-state index contributed by atoms with van der Waals surface area (Å²) in [6.07, 6.45) is 8.21.